The molecule has 12 heteroatoms. The van der Waals surface area contributed by atoms with E-state index < -0.39 is 23.5 Å². The van der Waals surface area contributed by atoms with Crippen molar-refractivity contribution in [1.29, 1.82) is 0 Å². The van der Waals surface area contributed by atoms with Gasteiger partial charge in [-0.2, -0.15) is 4.99 Å². The molecule has 1 aliphatic carbocycles. The summed E-state index contributed by atoms with van der Waals surface area (Å²) in [7, 11) is 0. The largest absolute Gasteiger partial charge is 0.368 e. The fraction of sp³-hybridized carbons (Fsp3) is 0.355. The van der Waals surface area contributed by atoms with Crippen LogP contribution < -0.4 is 16.2 Å². The third-order valence-electron chi connectivity index (χ3n) is 7.33. The van der Waals surface area contributed by atoms with Crippen molar-refractivity contribution < 1.29 is 18.0 Å². The van der Waals surface area contributed by atoms with Crippen LogP contribution in [-0.2, 0) is 13.1 Å². The van der Waals surface area contributed by atoms with E-state index in [1.165, 1.54) is 16.0 Å². The summed E-state index contributed by atoms with van der Waals surface area (Å²) in [5, 5.41) is 6.81. The lowest BCUT2D eigenvalue weighted by Gasteiger charge is -2.48. The van der Waals surface area contributed by atoms with Crippen LogP contribution in [-0.4, -0.2) is 44.2 Å². The number of allylic oxidation sites excluding steroid dienone is 2. The smallest absolute Gasteiger partial charge is 0.352 e. The van der Waals surface area contributed by atoms with Crippen molar-refractivity contribution in [3.05, 3.63) is 106 Å². The van der Waals surface area contributed by atoms with E-state index in [4.69, 9.17) is 0 Å². The fourth-order valence-corrected chi connectivity index (χ4v) is 5.05. The summed E-state index contributed by atoms with van der Waals surface area (Å²) in [6.45, 7) is 13.6. The Morgan fingerprint density at radius 2 is 1.91 bits per heavy atom. The summed E-state index contributed by atoms with van der Waals surface area (Å²) in [5.41, 5.74) is 0.688. The predicted molar refractivity (Wildman–Crippen MR) is 160 cm³/mol. The molecule has 0 unspecified atom stereocenters. The zero-order valence-corrected chi connectivity index (χ0v) is 24.5. The van der Waals surface area contributed by atoms with Crippen LogP contribution in [0.4, 0.5) is 18.0 Å². The van der Waals surface area contributed by atoms with Gasteiger partial charge in [0.2, 0.25) is 5.96 Å². The number of guanidine groups is 1. The molecule has 43 heavy (non-hydrogen) atoms. The van der Waals surface area contributed by atoms with Crippen molar-refractivity contribution in [2.24, 2.45) is 9.98 Å². The van der Waals surface area contributed by atoms with E-state index >= 15 is 0 Å². The van der Waals surface area contributed by atoms with Crippen molar-refractivity contribution in [3.63, 3.8) is 0 Å². The molecule has 0 saturated heterocycles. The molecule has 2 heterocycles. The van der Waals surface area contributed by atoms with Gasteiger partial charge < -0.3 is 15.6 Å². The Morgan fingerprint density at radius 3 is 2.53 bits per heavy atom. The number of aliphatic imine (C=N–C) groups is 2. The number of urea groups is 1. The molecule has 1 aromatic heterocycles. The highest BCUT2D eigenvalue weighted by molar-refractivity contribution is 5.97. The van der Waals surface area contributed by atoms with Gasteiger partial charge in [0, 0.05) is 36.0 Å². The summed E-state index contributed by atoms with van der Waals surface area (Å²) in [5.74, 6) is -3.12. The van der Waals surface area contributed by atoms with Crippen molar-refractivity contribution in [2.75, 3.05) is 0 Å². The number of rotatable bonds is 10. The summed E-state index contributed by atoms with van der Waals surface area (Å²) in [6, 6.07) is 4.20. The minimum absolute atomic E-state index is 0.0992. The number of nitrogens with one attached hydrogen (secondary N) is 3. The van der Waals surface area contributed by atoms with E-state index in [1.807, 2.05) is 6.92 Å². The number of pyridine rings is 1. The molecule has 0 radical (unpaired) electrons. The van der Waals surface area contributed by atoms with Gasteiger partial charge in [-0.15, -0.1) is 0 Å². The third kappa shape index (κ3) is 7.43. The minimum Gasteiger partial charge on any atom is -0.368 e. The van der Waals surface area contributed by atoms with E-state index in [9.17, 15) is 22.8 Å². The molecule has 3 N–H and O–H groups in total. The summed E-state index contributed by atoms with van der Waals surface area (Å²) in [6.07, 6.45) is 7.99. The van der Waals surface area contributed by atoms with Crippen LogP contribution in [0.25, 0.3) is 0 Å². The van der Waals surface area contributed by atoms with Crippen LogP contribution in [0.5, 0.6) is 0 Å². The van der Waals surface area contributed by atoms with Gasteiger partial charge in [0.05, 0.1) is 13.1 Å². The topological polar surface area (TPSA) is 105 Å². The maximum atomic E-state index is 14.1. The number of benzene rings is 1. The first-order valence-electron chi connectivity index (χ1n) is 14.0. The van der Waals surface area contributed by atoms with Crippen LogP contribution in [0.2, 0.25) is 0 Å². The molecule has 1 aromatic carbocycles. The molecular formula is C31H36F3N7O2. The monoisotopic (exact) mass is 595 g/mol. The van der Waals surface area contributed by atoms with Crippen molar-refractivity contribution in [2.45, 2.75) is 71.1 Å². The number of carbonyl (C=O) groups is 1. The number of nitrogens with zero attached hydrogens (tertiary/aromatic N) is 4. The lowest BCUT2D eigenvalue weighted by Crippen LogP contribution is -2.64. The molecule has 9 nitrogen and oxygen atoms in total. The van der Waals surface area contributed by atoms with Gasteiger partial charge in [-0.1, -0.05) is 32.2 Å². The van der Waals surface area contributed by atoms with E-state index in [0.717, 1.165) is 36.4 Å². The molecule has 1 aliphatic heterocycles. The zero-order chi connectivity index (χ0) is 31.3. The second-order valence-electron chi connectivity index (χ2n) is 11.0. The molecule has 0 bridgehead atoms. The first-order chi connectivity index (χ1) is 20.4. The summed E-state index contributed by atoms with van der Waals surface area (Å²) < 4.78 is 41.8. The van der Waals surface area contributed by atoms with Crippen molar-refractivity contribution in [3.8, 4) is 0 Å². The van der Waals surface area contributed by atoms with E-state index in [2.05, 4.69) is 52.6 Å². The zero-order valence-electron chi connectivity index (χ0n) is 24.5. The number of amidine groups is 1. The third-order valence-corrected chi connectivity index (χ3v) is 7.33. The quantitative estimate of drug-likeness (QED) is 0.147. The number of amides is 2. The van der Waals surface area contributed by atoms with Crippen molar-refractivity contribution in [1.82, 2.24) is 25.4 Å². The number of H-pyrrole nitrogens is 1. The predicted octanol–water partition coefficient (Wildman–Crippen LogP) is 5.45. The summed E-state index contributed by atoms with van der Waals surface area (Å²) in [4.78, 5) is 39.5. The molecule has 0 spiro atoms. The Morgan fingerprint density at radius 1 is 1.21 bits per heavy atom. The number of aromatic nitrogens is 1. The van der Waals surface area contributed by atoms with Crippen LogP contribution >= 0.6 is 0 Å². The van der Waals surface area contributed by atoms with Crippen LogP contribution in [0, 0.1) is 17.5 Å². The lowest BCUT2D eigenvalue weighted by molar-refractivity contribution is 0.175. The van der Waals surface area contributed by atoms with Gasteiger partial charge in [0.15, 0.2) is 17.5 Å². The number of hydrogen-bond donors (Lipinski definition) is 3. The second kappa shape index (κ2) is 13.1. The van der Waals surface area contributed by atoms with E-state index in [-0.39, 0.29) is 47.6 Å². The highest BCUT2D eigenvalue weighted by Crippen LogP contribution is 2.33. The molecule has 2 aliphatic rings. The Kier molecular flexibility index (Phi) is 9.57. The minimum atomic E-state index is -1.57. The maximum Gasteiger partial charge on any atom is 0.352 e. The van der Waals surface area contributed by atoms with Crippen LogP contribution in [0.3, 0.4) is 0 Å². The highest BCUT2D eigenvalue weighted by Gasteiger charge is 2.43. The first kappa shape index (κ1) is 31.3. The second-order valence-corrected chi connectivity index (χ2v) is 11.0. The van der Waals surface area contributed by atoms with E-state index in [1.54, 1.807) is 24.4 Å². The van der Waals surface area contributed by atoms with Crippen molar-refractivity contribution >= 4 is 17.8 Å². The van der Waals surface area contributed by atoms with Gasteiger partial charge in [0.25, 0.3) is 5.56 Å². The Bertz CT molecular complexity index is 1530. The fourth-order valence-electron chi connectivity index (χ4n) is 5.05. The average molecular weight is 596 g/mol. The Balaban J connectivity index is 1.55. The Hall–Kier alpha value is -4.61. The molecule has 1 saturated carbocycles. The van der Waals surface area contributed by atoms with E-state index in [0.29, 0.717) is 18.4 Å². The number of carbonyl (C=O) groups excluding carboxylic acids is 1. The van der Waals surface area contributed by atoms with Gasteiger partial charge in [-0.3, -0.25) is 14.6 Å². The van der Waals surface area contributed by atoms with Gasteiger partial charge >= 0.3 is 6.03 Å². The van der Waals surface area contributed by atoms with Crippen LogP contribution in [0.1, 0.15) is 57.6 Å². The normalized spacial score (nSPS) is 21.0. The lowest BCUT2D eigenvalue weighted by atomic mass is 9.74. The van der Waals surface area contributed by atoms with Gasteiger partial charge in [-0.25, -0.2) is 23.0 Å². The molecule has 0 atom stereocenters. The number of aromatic amines is 1. The van der Waals surface area contributed by atoms with Crippen LogP contribution in [0.15, 0.2) is 82.1 Å². The number of halogens is 3. The first-order valence-corrected chi connectivity index (χ1v) is 14.0. The Labute approximate surface area is 248 Å². The van der Waals surface area contributed by atoms with Gasteiger partial charge in [0.1, 0.15) is 11.7 Å². The maximum absolute atomic E-state index is 14.1. The average Bonchev–Trinajstić information content (AvgIpc) is 2.94. The summed E-state index contributed by atoms with van der Waals surface area (Å²) >= 11 is 0. The number of hydrogen-bond acceptors (Lipinski definition) is 5. The molecule has 4 rings (SSSR count). The molecule has 2 aromatic rings. The molecule has 228 valence electrons. The SMILES string of the molecule is C=C/C(C)=C\N=C(/CCC)NC1(C)CC(NC2=NC(=O)N(Cc3ccc[nH]c3=O)C(=C)N2Cc2cc(F)c(F)c(F)c2)C1. The van der Waals surface area contributed by atoms with Gasteiger partial charge in [-0.05, 0) is 62.4 Å². The highest BCUT2D eigenvalue weighted by atomic mass is 19.2. The molecule has 1 fully saturated rings. The standard InChI is InChI=1S/C31H36F3N7O2/c1-6-9-26(36-16-19(3)7-2)39-31(5)14-23(15-31)37-29-38-30(43)41(18-22-10-8-11-35-28(22)42)20(4)40(29)17-21-12-24(32)27(34)25(33)13-21/h7-8,10-13,16,23H,2,4,6,9,14-15,17-18H2,1,3,5H3,(H,35,42)(H,36,39)(H,37,38,43)/b19-16-. The molecule has 2 amide bonds. The molecular weight excluding hydrogens is 559 g/mol.